The molecule has 2 heterocycles. The van der Waals surface area contributed by atoms with Crippen molar-refractivity contribution >= 4 is 39.9 Å². The van der Waals surface area contributed by atoms with Crippen LogP contribution in [0.3, 0.4) is 0 Å². The van der Waals surface area contributed by atoms with E-state index in [1.54, 1.807) is 0 Å². The minimum Gasteiger partial charge on any atom is -0.492 e. The highest BCUT2D eigenvalue weighted by Gasteiger charge is 2.26. The average Bonchev–Trinajstić information content (AvgIpc) is 3.42. The Labute approximate surface area is 242 Å². The lowest BCUT2D eigenvalue weighted by Gasteiger charge is -2.30. The van der Waals surface area contributed by atoms with Crippen molar-refractivity contribution < 1.29 is 23.8 Å². The Kier molecular flexibility index (Phi) is 10.1. The number of hydrogen-bond donors (Lipinski definition) is 1. The molecule has 0 spiro atoms. The van der Waals surface area contributed by atoms with Crippen LogP contribution < -0.4 is 9.64 Å². The van der Waals surface area contributed by atoms with E-state index in [-0.39, 0.29) is 16.5 Å². The van der Waals surface area contributed by atoms with Crippen LogP contribution in [0.1, 0.15) is 54.1 Å². The fraction of sp³-hybridized carbons (Fsp3) is 0.448. The van der Waals surface area contributed by atoms with Crippen molar-refractivity contribution in [3.63, 3.8) is 0 Å². The van der Waals surface area contributed by atoms with Gasteiger partial charge in [0.1, 0.15) is 23.2 Å². The Hall–Kier alpha value is -3.08. The molecule has 8 nitrogen and oxygen atoms in total. The number of unbranched alkanes of at least 4 members (excludes halogenated alkanes) is 1. The molecule has 3 aromatic rings. The molecule has 11 heteroatoms. The largest absolute Gasteiger partial charge is 0.492 e. The van der Waals surface area contributed by atoms with Gasteiger partial charge in [0.15, 0.2) is 0 Å². The number of amides is 1. The maximum Gasteiger partial charge on any atom is 0.306 e. The Balaban J connectivity index is 1.46. The number of ether oxygens (including phenoxy) is 1. The van der Waals surface area contributed by atoms with Gasteiger partial charge < -0.3 is 9.84 Å². The minimum atomic E-state index is -0.707. The highest BCUT2D eigenvalue weighted by atomic mass is 35.5. The van der Waals surface area contributed by atoms with E-state index in [1.165, 1.54) is 34.4 Å². The van der Waals surface area contributed by atoms with E-state index in [2.05, 4.69) is 15.1 Å². The molecule has 1 amide bonds. The van der Waals surface area contributed by atoms with Gasteiger partial charge in [0.05, 0.1) is 16.5 Å². The van der Waals surface area contributed by atoms with E-state index < -0.39 is 17.7 Å². The molecule has 0 saturated carbocycles. The van der Waals surface area contributed by atoms with E-state index in [1.807, 2.05) is 32.9 Å². The standard InChI is InChI=1S/C29H34ClFN4O4S/c1-4-5-11-35(27(36)22-7-6-8-23(31)24(22)30)29-33-32-26(40-29)21-16-18(2)25(19(3)17-21)39-15-14-34-12-9-20(10-13-34)28(37)38/h6-8,16-17,20H,4-5,9-15H2,1-3H3,(H,37,38). The van der Waals surface area contributed by atoms with Gasteiger partial charge in [-0.1, -0.05) is 42.3 Å². The van der Waals surface area contributed by atoms with E-state index >= 15 is 0 Å². The quantitative estimate of drug-likeness (QED) is 0.283. The van der Waals surface area contributed by atoms with Crippen LogP contribution in [0.15, 0.2) is 30.3 Å². The number of carboxylic acid groups (broad SMARTS) is 1. The third kappa shape index (κ3) is 6.97. The number of carbonyl (C=O) groups excluding carboxylic acids is 1. The molecular formula is C29H34ClFN4O4S. The van der Waals surface area contributed by atoms with Gasteiger partial charge in [-0.15, -0.1) is 10.2 Å². The molecular weight excluding hydrogens is 555 g/mol. The lowest BCUT2D eigenvalue weighted by atomic mass is 9.97. The number of anilines is 1. The van der Waals surface area contributed by atoms with Gasteiger partial charge in [-0.05, 0) is 81.6 Å². The molecule has 214 valence electrons. The molecule has 1 saturated heterocycles. The topological polar surface area (TPSA) is 95.9 Å². The first kappa shape index (κ1) is 29.9. The summed E-state index contributed by atoms with van der Waals surface area (Å²) in [4.78, 5) is 28.3. The number of aromatic nitrogens is 2. The number of carbonyl (C=O) groups is 2. The molecule has 1 aromatic heterocycles. The van der Waals surface area contributed by atoms with Crippen molar-refractivity contribution in [1.82, 2.24) is 15.1 Å². The van der Waals surface area contributed by atoms with Gasteiger partial charge >= 0.3 is 5.97 Å². The molecule has 4 rings (SSSR count). The number of carboxylic acids is 1. The molecule has 1 N–H and O–H groups in total. The molecule has 0 aliphatic carbocycles. The summed E-state index contributed by atoms with van der Waals surface area (Å²) in [7, 11) is 0. The lowest BCUT2D eigenvalue weighted by Crippen LogP contribution is -2.38. The van der Waals surface area contributed by atoms with Crippen LogP contribution in [0.25, 0.3) is 10.6 Å². The molecule has 0 unspecified atom stereocenters. The monoisotopic (exact) mass is 588 g/mol. The van der Waals surface area contributed by atoms with Crippen molar-refractivity contribution in [2.24, 2.45) is 5.92 Å². The number of benzene rings is 2. The summed E-state index contributed by atoms with van der Waals surface area (Å²) in [5, 5.41) is 18.7. The predicted octanol–water partition coefficient (Wildman–Crippen LogP) is 6.24. The molecule has 40 heavy (non-hydrogen) atoms. The second kappa shape index (κ2) is 13.5. The SMILES string of the molecule is CCCCN(C(=O)c1cccc(F)c1Cl)c1nnc(-c2cc(C)c(OCCN3CCC(C(=O)O)CC3)c(C)c2)s1. The highest BCUT2D eigenvalue weighted by molar-refractivity contribution is 7.18. The third-order valence-electron chi connectivity index (χ3n) is 7.11. The van der Waals surface area contributed by atoms with Crippen LogP contribution in [0.2, 0.25) is 5.02 Å². The van der Waals surface area contributed by atoms with Crippen molar-refractivity contribution in [2.75, 3.05) is 37.7 Å². The Morgan fingerprint density at radius 1 is 1.20 bits per heavy atom. The summed E-state index contributed by atoms with van der Waals surface area (Å²) < 4.78 is 20.2. The zero-order valence-electron chi connectivity index (χ0n) is 23.0. The molecule has 0 radical (unpaired) electrons. The smallest absolute Gasteiger partial charge is 0.306 e. The Morgan fingerprint density at radius 2 is 1.90 bits per heavy atom. The molecule has 2 aromatic carbocycles. The van der Waals surface area contributed by atoms with Crippen LogP contribution in [0, 0.1) is 25.6 Å². The van der Waals surface area contributed by atoms with E-state index in [9.17, 15) is 19.1 Å². The van der Waals surface area contributed by atoms with Gasteiger partial charge in [0.25, 0.3) is 5.91 Å². The fourth-order valence-electron chi connectivity index (χ4n) is 4.84. The van der Waals surface area contributed by atoms with Crippen LogP contribution in [0.4, 0.5) is 9.52 Å². The van der Waals surface area contributed by atoms with Crippen LogP contribution in [-0.4, -0.2) is 64.9 Å². The van der Waals surface area contributed by atoms with Crippen molar-refractivity contribution in [3.8, 4) is 16.3 Å². The van der Waals surface area contributed by atoms with E-state index in [4.69, 9.17) is 16.3 Å². The number of halogens is 2. The van der Waals surface area contributed by atoms with Crippen LogP contribution >= 0.6 is 22.9 Å². The summed E-state index contributed by atoms with van der Waals surface area (Å²) in [6.07, 6.45) is 2.95. The lowest BCUT2D eigenvalue weighted by molar-refractivity contribution is -0.143. The summed E-state index contributed by atoms with van der Waals surface area (Å²) in [5.74, 6) is -1.19. The minimum absolute atomic E-state index is 0.0916. The first-order valence-corrected chi connectivity index (χ1v) is 14.7. The zero-order valence-corrected chi connectivity index (χ0v) is 24.5. The number of aryl methyl sites for hydroxylation is 2. The average molecular weight is 589 g/mol. The fourth-order valence-corrected chi connectivity index (χ4v) is 5.90. The predicted molar refractivity (Wildman–Crippen MR) is 155 cm³/mol. The molecule has 0 atom stereocenters. The molecule has 0 bridgehead atoms. The molecule has 1 aliphatic rings. The summed E-state index contributed by atoms with van der Waals surface area (Å²) in [6, 6.07) is 8.19. The second-order valence-electron chi connectivity index (χ2n) is 10.0. The van der Waals surface area contributed by atoms with Gasteiger partial charge in [-0.2, -0.15) is 0 Å². The number of likely N-dealkylation sites (tertiary alicyclic amines) is 1. The van der Waals surface area contributed by atoms with E-state index in [0.29, 0.717) is 36.1 Å². The number of nitrogens with zero attached hydrogens (tertiary/aromatic N) is 4. The van der Waals surface area contributed by atoms with Crippen molar-refractivity contribution in [1.29, 1.82) is 0 Å². The normalized spacial score (nSPS) is 14.3. The number of rotatable bonds is 11. The van der Waals surface area contributed by atoms with Gasteiger partial charge in [-0.25, -0.2) is 4.39 Å². The van der Waals surface area contributed by atoms with Gasteiger partial charge in [0, 0.05) is 18.7 Å². The highest BCUT2D eigenvalue weighted by Crippen LogP contribution is 2.35. The van der Waals surface area contributed by atoms with Crippen LogP contribution in [-0.2, 0) is 4.79 Å². The maximum atomic E-state index is 14.0. The number of piperidine rings is 1. The number of aliphatic carboxylic acids is 1. The van der Waals surface area contributed by atoms with Gasteiger partial charge in [-0.3, -0.25) is 19.4 Å². The van der Waals surface area contributed by atoms with Gasteiger partial charge in [0.2, 0.25) is 5.13 Å². The number of hydrogen-bond acceptors (Lipinski definition) is 7. The summed E-state index contributed by atoms with van der Waals surface area (Å²) in [6.45, 7) is 9.18. The zero-order chi connectivity index (χ0) is 28.8. The first-order chi connectivity index (χ1) is 19.2. The maximum absolute atomic E-state index is 14.0. The summed E-state index contributed by atoms with van der Waals surface area (Å²) >= 11 is 7.41. The third-order valence-corrected chi connectivity index (χ3v) is 8.49. The van der Waals surface area contributed by atoms with Crippen molar-refractivity contribution in [3.05, 3.63) is 57.9 Å². The van der Waals surface area contributed by atoms with E-state index in [0.717, 1.165) is 54.9 Å². The Morgan fingerprint density at radius 3 is 2.55 bits per heavy atom. The van der Waals surface area contributed by atoms with Crippen molar-refractivity contribution in [2.45, 2.75) is 46.5 Å². The van der Waals surface area contributed by atoms with Crippen LogP contribution in [0.5, 0.6) is 5.75 Å². The molecule has 1 aliphatic heterocycles. The first-order valence-electron chi connectivity index (χ1n) is 13.5. The second-order valence-corrected chi connectivity index (χ2v) is 11.4. The summed E-state index contributed by atoms with van der Waals surface area (Å²) in [5.41, 5.74) is 2.88. The molecule has 1 fully saturated rings. The Bertz CT molecular complexity index is 1340.